The number of carbonyl (C=O) groups excluding carboxylic acids is 4. The van der Waals surface area contributed by atoms with Gasteiger partial charge >= 0.3 is 11.9 Å². The normalized spacial score (nSPS) is 9.90. The highest BCUT2D eigenvalue weighted by Gasteiger charge is 2.07. The number of carbonyl (C=O) groups is 4. The minimum atomic E-state index is -0.855. The van der Waals surface area contributed by atoms with Crippen LogP contribution in [0.2, 0.25) is 0 Å². The molecule has 8 nitrogen and oxygen atoms in total. The number of hydrogen-bond donors (Lipinski definition) is 2. The van der Waals surface area contributed by atoms with E-state index in [-0.39, 0.29) is 19.1 Å². The van der Waals surface area contributed by atoms with Crippen molar-refractivity contribution in [2.24, 2.45) is 0 Å². The van der Waals surface area contributed by atoms with Crippen LogP contribution >= 0.6 is 0 Å². The summed E-state index contributed by atoms with van der Waals surface area (Å²) in [5.74, 6) is -2.49. The molecule has 0 atom stereocenters. The van der Waals surface area contributed by atoms with Crippen LogP contribution in [0.5, 0.6) is 0 Å². The van der Waals surface area contributed by atoms with Crippen molar-refractivity contribution in [2.45, 2.75) is 13.8 Å². The van der Waals surface area contributed by atoms with Gasteiger partial charge in [0.05, 0.1) is 13.2 Å². The van der Waals surface area contributed by atoms with Crippen molar-refractivity contribution in [3.05, 3.63) is 12.2 Å². The molecule has 0 bridgehead atoms. The molecule has 0 unspecified atom stereocenters. The first-order chi connectivity index (χ1) is 9.49. The van der Waals surface area contributed by atoms with Crippen molar-refractivity contribution < 1.29 is 28.7 Å². The summed E-state index contributed by atoms with van der Waals surface area (Å²) in [6, 6.07) is 0. The molecule has 0 aliphatic carbocycles. The molecule has 0 aliphatic heterocycles. The number of amides is 2. The maximum absolute atomic E-state index is 11.2. The molecule has 2 amide bonds. The fourth-order valence-electron chi connectivity index (χ4n) is 1.00. The number of hydrogen-bond acceptors (Lipinski definition) is 6. The molecule has 0 aliphatic rings. The Balaban J connectivity index is 3.86. The first kappa shape index (κ1) is 17.6. The van der Waals surface area contributed by atoms with Gasteiger partial charge in [-0.25, -0.2) is 9.59 Å². The van der Waals surface area contributed by atoms with Crippen LogP contribution in [-0.4, -0.2) is 50.1 Å². The zero-order chi connectivity index (χ0) is 15.4. The van der Waals surface area contributed by atoms with E-state index in [9.17, 15) is 19.2 Å². The maximum Gasteiger partial charge on any atom is 0.331 e. The Labute approximate surface area is 116 Å². The molecule has 0 heterocycles. The van der Waals surface area contributed by atoms with Gasteiger partial charge < -0.3 is 20.1 Å². The second kappa shape index (κ2) is 10.5. The van der Waals surface area contributed by atoms with Gasteiger partial charge in [0, 0.05) is 18.7 Å². The van der Waals surface area contributed by atoms with Crippen LogP contribution in [0.15, 0.2) is 12.2 Å². The van der Waals surface area contributed by atoms with Crippen LogP contribution in [0.25, 0.3) is 0 Å². The van der Waals surface area contributed by atoms with Crippen molar-refractivity contribution in [1.29, 1.82) is 0 Å². The van der Waals surface area contributed by atoms with E-state index < -0.39 is 24.5 Å². The zero-order valence-corrected chi connectivity index (χ0v) is 11.4. The lowest BCUT2D eigenvalue weighted by Gasteiger charge is -2.05. The Bertz CT molecular complexity index is 391. The predicted molar refractivity (Wildman–Crippen MR) is 68.4 cm³/mol. The van der Waals surface area contributed by atoms with E-state index in [0.717, 1.165) is 12.2 Å². The summed E-state index contributed by atoms with van der Waals surface area (Å²) in [7, 11) is 0. The van der Waals surface area contributed by atoms with Gasteiger partial charge in [0.1, 0.15) is 0 Å². The molecule has 0 saturated carbocycles. The molecule has 0 aromatic rings. The monoisotopic (exact) mass is 286 g/mol. The van der Waals surface area contributed by atoms with E-state index in [1.165, 1.54) is 0 Å². The Kier molecular flexibility index (Phi) is 9.28. The summed E-state index contributed by atoms with van der Waals surface area (Å²) in [4.78, 5) is 44.2. The summed E-state index contributed by atoms with van der Waals surface area (Å²) < 4.78 is 9.10. The molecule has 0 rings (SSSR count). The second-order valence-corrected chi connectivity index (χ2v) is 3.42. The average molecular weight is 286 g/mol. The molecule has 0 fully saturated rings. The molecular formula is C12H18N2O6. The van der Waals surface area contributed by atoms with Gasteiger partial charge in [-0.3, -0.25) is 9.59 Å². The molecule has 112 valence electrons. The lowest BCUT2D eigenvalue weighted by molar-refractivity contribution is -0.144. The molecule has 2 N–H and O–H groups in total. The first-order valence-corrected chi connectivity index (χ1v) is 6.04. The van der Waals surface area contributed by atoms with E-state index in [1.807, 2.05) is 0 Å². The number of esters is 2. The number of likely N-dealkylation sites (N-methyl/N-ethyl adjacent to an activating group) is 1. The predicted octanol–water partition coefficient (Wildman–Crippen LogP) is -1.10. The third-order valence-electron chi connectivity index (χ3n) is 1.81. The Hall–Kier alpha value is -2.38. The van der Waals surface area contributed by atoms with Gasteiger partial charge in [-0.1, -0.05) is 0 Å². The van der Waals surface area contributed by atoms with E-state index in [2.05, 4.69) is 20.1 Å². The fraction of sp³-hybridized carbons (Fsp3) is 0.500. The second-order valence-electron chi connectivity index (χ2n) is 3.42. The zero-order valence-electron chi connectivity index (χ0n) is 11.4. The lowest BCUT2D eigenvalue weighted by atomic mass is 10.5. The van der Waals surface area contributed by atoms with Crippen molar-refractivity contribution in [3.63, 3.8) is 0 Å². The Morgan fingerprint density at radius 3 is 2.05 bits per heavy atom. The van der Waals surface area contributed by atoms with Gasteiger partial charge in [-0.15, -0.1) is 0 Å². The molecule has 0 spiro atoms. The number of ether oxygens (including phenoxy) is 2. The third kappa shape index (κ3) is 9.63. The van der Waals surface area contributed by atoms with E-state index in [0.29, 0.717) is 6.54 Å². The quantitative estimate of drug-likeness (QED) is 0.433. The van der Waals surface area contributed by atoms with E-state index >= 15 is 0 Å². The fourth-order valence-corrected chi connectivity index (χ4v) is 1.00. The summed E-state index contributed by atoms with van der Waals surface area (Å²) in [5.41, 5.74) is 0. The van der Waals surface area contributed by atoms with Crippen LogP contribution < -0.4 is 10.6 Å². The largest absolute Gasteiger partial charge is 0.463 e. The molecule has 0 saturated heterocycles. The van der Waals surface area contributed by atoms with Crippen molar-refractivity contribution in [2.75, 3.05) is 26.3 Å². The standard InChI is InChI=1S/C12H18N2O6/c1-3-13-9(15)7-14-10(16)8-20-12(18)6-5-11(17)19-4-2/h5-6H,3-4,7-8H2,1-2H3,(H,13,15)(H,14,16)/b6-5+. The van der Waals surface area contributed by atoms with Gasteiger partial charge in [0.25, 0.3) is 5.91 Å². The minimum absolute atomic E-state index is 0.192. The third-order valence-corrected chi connectivity index (χ3v) is 1.81. The first-order valence-electron chi connectivity index (χ1n) is 6.04. The topological polar surface area (TPSA) is 111 Å². The number of rotatable bonds is 8. The highest BCUT2D eigenvalue weighted by Crippen LogP contribution is 1.85. The van der Waals surface area contributed by atoms with Crippen LogP contribution in [0.3, 0.4) is 0 Å². The summed E-state index contributed by atoms with van der Waals surface area (Å²) >= 11 is 0. The van der Waals surface area contributed by atoms with Crippen LogP contribution in [0.4, 0.5) is 0 Å². The molecule has 0 radical (unpaired) electrons. The van der Waals surface area contributed by atoms with Gasteiger partial charge in [0.2, 0.25) is 5.91 Å². The van der Waals surface area contributed by atoms with Gasteiger partial charge in [-0.2, -0.15) is 0 Å². The Morgan fingerprint density at radius 2 is 1.50 bits per heavy atom. The smallest absolute Gasteiger partial charge is 0.331 e. The lowest BCUT2D eigenvalue weighted by Crippen LogP contribution is -2.38. The van der Waals surface area contributed by atoms with Gasteiger partial charge in [0.15, 0.2) is 6.61 Å². The highest BCUT2D eigenvalue weighted by molar-refractivity contribution is 5.93. The molecule has 0 aromatic heterocycles. The maximum atomic E-state index is 11.2. The summed E-state index contributed by atoms with van der Waals surface area (Å²) in [6.07, 6.45) is 1.76. The number of nitrogens with one attached hydrogen (secondary N) is 2. The van der Waals surface area contributed by atoms with E-state index in [1.54, 1.807) is 13.8 Å². The van der Waals surface area contributed by atoms with E-state index in [4.69, 9.17) is 0 Å². The SMILES string of the molecule is CCNC(=O)CNC(=O)COC(=O)/C=C/C(=O)OCC. The molecule has 8 heteroatoms. The molecular weight excluding hydrogens is 268 g/mol. The molecule has 0 aromatic carbocycles. The summed E-state index contributed by atoms with van der Waals surface area (Å²) in [5, 5.41) is 4.75. The van der Waals surface area contributed by atoms with Gasteiger partial charge in [-0.05, 0) is 13.8 Å². The Morgan fingerprint density at radius 1 is 0.900 bits per heavy atom. The van der Waals surface area contributed by atoms with Crippen LogP contribution in [0, 0.1) is 0 Å². The summed E-state index contributed by atoms with van der Waals surface area (Å²) in [6.45, 7) is 3.30. The highest BCUT2D eigenvalue weighted by atomic mass is 16.5. The van der Waals surface area contributed by atoms with Crippen LogP contribution in [0.1, 0.15) is 13.8 Å². The average Bonchev–Trinajstić information content (AvgIpc) is 2.41. The van der Waals surface area contributed by atoms with Crippen LogP contribution in [-0.2, 0) is 28.7 Å². The molecule has 20 heavy (non-hydrogen) atoms. The van der Waals surface area contributed by atoms with Crippen molar-refractivity contribution in [1.82, 2.24) is 10.6 Å². The van der Waals surface area contributed by atoms with Crippen molar-refractivity contribution >= 4 is 23.8 Å². The van der Waals surface area contributed by atoms with Crippen molar-refractivity contribution in [3.8, 4) is 0 Å². The minimum Gasteiger partial charge on any atom is -0.463 e.